The lowest BCUT2D eigenvalue weighted by molar-refractivity contribution is -0.140. The van der Waals surface area contributed by atoms with Gasteiger partial charge in [0.05, 0.1) is 22.6 Å². The van der Waals surface area contributed by atoms with Crippen molar-refractivity contribution in [1.82, 2.24) is 4.90 Å². The Labute approximate surface area is 231 Å². The number of nitrogens with one attached hydrogen (secondary N) is 1. The standard InChI is InChI=1S/C25H16F4N2O5S3/c26-18-6-3-13(8-17(18)25(27,28)29)14-7-16(38-11-14)9-20-22(34)31(24(37)39-20)10-19(32)21(33)30-15-4-1-12(2-5-15)23(35)36/h1-9,11,19,32H,10H2,(H,30,33)(H,35,36)/b20-9-. The summed E-state index contributed by atoms with van der Waals surface area (Å²) in [7, 11) is 0. The number of aliphatic hydroxyl groups is 1. The molecule has 0 radical (unpaired) electrons. The summed E-state index contributed by atoms with van der Waals surface area (Å²) in [6.07, 6.45) is -5.02. The fraction of sp³-hybridized carbons (Fsp3) is 0.120. The number of carboxylic acid groups (broad SMARTS) is 1. The number of anilines is 1. The van der Waals surface area contributed by atoms with Crippen LogP contribution in [0.2, 0.25) is 0 Å². The van der Waals surface area contributed by atoms with Gasteiger partial charge in [0.25, 0.3) is 11.8 Å². The zero-order chi connectivity index (χ0) is 28.5. The molecule has 2 amide bonds. The number of halogens is 4. The summed E-state index contributed by atoms with van der Waals surface area (Å²) in [4.78, 5) is 38.0. The molecule has 2 heterocycles. The van der Waals surface area contributed by atoms with Gasteiger partial charge in [-0.25, -0.2) is 9.18 Å². The van der Waals surface area contributed by atoms with Crippen LogP contribution in [0.3, 0.4) is 0 Å². The molecule has 0 saturated carbocycles. The molecular weight excluding hydrogens is 580 g/mol. The van der Waals surface area contributed by atoms with Crippen molar-refractivity contribution in [2.45, 2.75) is 12.3 Å². The van der Waals surface area contributed by atoms with Gasteiger partial charge in [0.1, 0.15) is 10.1 Å². The van der Waals surface area contributed by atoms with Crippen molar-refractivity contribution < 1.29 is 42.2 Å². The number of aromatic carboxylic acids is 1. The van der Waals surface area contributed by atoms with Gasteiger partial charge in [-0.3, -0.25) is 14.5 Å². The number of thiophene rings is 1. The van der Waals surface area contributed by atoms with E-state index in [0.717, 1.165) is 34.1 Å². The maximum Gasteiger partial charge on any atom is 0.419 e. The normalized spacial score (nSPS) is 15.6. The van der Waals surface area contributed by atoms with Crippen LogP contribution in [0.25, 0.3) is 17.2 Å². The Morgan fingerprint density at radius 1 is 1.10 bits per heavy atom. The molecule has 2 aromatic carbocycles. The molecule has 1 aliphatic heterocycles. The van der Waals surface area contributed by atoms with Gasteiger partial charge in [-0.15, -0.1) is 11.3 Å². The predicted octanol–water partition coefficient (Wildman–Crippen LogP) is 5.47. The highest BCUT2D eigenvalue weighted by Crippen LogP contribution is 2.37. The second-order valence-corrected chi connectivity index (χ2v) is 10.7. The monoisotopic (exact) mass is 596 g/mol. The molecule has 1 atom stereocenters. The van der Waals surface area contributed by atoms with Crippen molar-refractivity contribution in [3.8, 4) is 11.1 Å². The van der Waals surface area contributed by atoms with Crippen LogP contribution < -0.4 is 5.32 Å². The topological polar surface area (TPSA) is 107 Å². The van der Waals surface area contributed by atoms with Gasteiger partial charge in [-0.05, 0) is 65.0 Å². The molecular formula is C25H16F4N2O5S3. The van der Waals surface area contributed by atoms with E-state index in [9.17, 15) is 37.1 Å². The van der Waals surface area contributed by atoms with Crippen molar-refractivity contribution in [1.29, 1.82) is 0 Å². The van der Waals surface area contributed by atoms with Gasteiger partial charge in [0, 0.05) is 10.6 Å². The van der Waals surface area contributed by atoms with Crippen molar-refractivity contribution in [2.75, 3.05) is 11.9 Å². The lowest BCUT2D eigenvalue weighted by Gasteiger charge is -2.18. The molecule has 1 fully saturated rings. The van der Waals surface area contributed by atoms with E-state index in [0.29, 0.717) is 16.5 Å². The van der Waals surface area contributed by atoms with E-state index < -0.39 is 48.0 Å². The second kappa shape index (κ2) is 11.3. The number of thioether (sulfide) groups is 1. The number of alkyl halides is 3. The van der Waals surface area contributed by atoms with Crippen LogP contribution in [0.4, 0.5) is 23.2 Å². The maximum atomic E-state index is 13.6. The molecule has 1 aliphatic rings. The van der Waals surface area contributed by atoms with Crippen LogP contribution in [0.1, 0.15) is 20.8 Å². The molecule has 1 unspecified atom stereocenters. The largest absolute Gasteiger partial charge is 0.478 e. The number of amides is 2. The summed E-state index contributed by atoms with van der Waals surface area (Å²) in [5.74, 6) is -3.92. The van der Waals surface area contributed by atoms with Crippen molar-refractivity contribution in [2.24, 2.45) is 0 Å². The van der Waals surface area contributed by atoms with E-state index in [1.54, 1.807) is 11.4 Å². The van der Waals surface area contributed by atoms with Crippen LogP contribution in [0.15, 0.2) is 58.8 Å². The predicted molar refractivity (Wildman–Crippen MR) is 143 cm³/mol. The van der Waals surface area contributed by atoms with E-state index >= 15 is 0 Å². The molecule has 1 aromatic heterocycles. The van der Waals surface area contributed by atoms with Crippen molar-refractivity contribution in [3.63, 3.8) is 0 Å². The number of hydrogen-bond donors (Lipinski definition) is 3. The average molecular weight is 597 g/mol. The highest BCUT2D eigenvalue weighted by molar-refractivity contribution is 8.26. The van der Waals surface area contributed by atoms with Crippen LogP contribution in [0.5, 0.6) is 0 Å². The number of carbonyl (C=O) groups excluding carboxylic acids is 2. The summed E-state index contributed by atoms with van der Waals surface area (Å²) in [6.45, 7) is -0.438. The molecule has 7 nitrogen and oxygen atoms in total. The summed E-state index contributed by atoms with van der Waals surface area (Å²) >= 11 is 7.29. The van der Waals surface area contributed by atoms with Gasteiger partial charge >= 0.3 is 12.1 Å². The number of hydrogen-bond acceptors (Lipinski definition) is 7. The minimum absolute atomic E-state index is 0.0134. The quantitative estimate of drug-likeness (QED) is 0.189. The van der Waals surface area contributed by atoms with Crippen LogP contribution in [-0.4, -0.2) is 49.9 Å². The Bertz CT molecular complexity index is 1500. The fourth-order valence-electron chi connectivity index (χ4n) is 3.47. The maximum absolute atomic E-state index is 13.6. The Morgan fingerprint density at radius 3 is 2.44 bits per heavy atom. The van der Waals surface area contributed by atoms with Gasteiger partial charge in [0.15, 0.2) is 6.10 Å². The molecule has 0 aliphatic carbocycles. The molecule has 0 spiro atoms. The minimum Gasteiger partial charge on any atom is -0.478 e. The molecule has 4 rings (SSSR count). The number of rotatable bonds is 7. The van der Waals surface area contributed by atoms with Crippen LogP contribution in [0, 0.1) is 5.82 Å². The van der Waals surface area contributed by atoms with Gasteiger partial charge in [0.2, 0.25) is 0 Å². The highest BCUT2D eigenvalue weighted by Gasteiger charge is 2.36. The molecule has 3 aromatic rings. The summed E-state index contributed by atoms with van der Waals surface area (Å²) in [5, 5.41) is 23.3. The third kappa shape index (κ3) is 6.53. The number of β-amino-alcohol motifs (C(OH)–C–C–N with tert-alkyl or cyclic N) is 1. The Morgan fingerprint density at radius 2 is 1.79 bits per heavy atom. The molecule has 3 N–H and O–H groups in total. The summed E-state index contributed by atoms with van der Waals surface area (Å²) in [5.41, 5.74) is -0.575. The SMILES string of the molecule is O=C(O)c1ccc(NC(=O)C(O)CN2C(=O)/C(=C/c3cc(-c4ccc(F)c(C(F)(F)F)c4)cs3)SC2=S)cc1. The lowest BCUT2D eigenvalue weighted by Crippen LogP contribution is -2.41. The first-order chi connectivity index (χ1) is 18.3. The molecule has 0 bridgehead atoms. The van der Waals surface area contributed by atoms with Gasteiger partial charge < -0.3 is 15.5 Å². The van der Waals surface area contributed by atoms with Crippen molar-refractivity contribution >= 4 is 69.2 Å². The minimum atomic E-state index is -4.85. The van der Waals surface area contributed by atoms with E-state index in [4.69, 9.17) is 17.3 Å². The number of carbonyl (C=O) groups is 3. The zero-order valence-corrected chi connectivity index (χ0v) is 21.8. The Balaban J connectivity index is 1.43. The molecule has 39 heavy (non-hydrogen) atoms. The first-order valence-corrected chi connectivity index (χ1v) is 13.0. The third-order valence-electron chi connectivity index (χ3n) is 5.43. The van der Waals surface area contributed by atoms with E-state index in [2.05, 4.69) is 5.32 Å². The zero-order valence-electron chi connectivity index (χ0n) is 19.4. The molecule has 14 heteroatoms. The summed E-state index contributed by atoms with van der Waals surface area (Å²) < 4.78 is 52.9. The first-order valence-electron chi connectivity index (χ1n) is 10.9. The number of carboxylic acids is 1. The first kappa shape index (κ1) is 28.4. The second-order valence-electron chi connectivity index (χ2n) is 8.11. The lowest BCUT2D eigenvalue weighted by atomic mass is 10.0. The molecule has 202 valence electrons. The van der Waals surface area contributed by atoms with Gasteiger partial charge in [-0.2, -0.15) is 13.2 Å². The van der Waals surface area contributed by atoms with Crippen LogP contribution >= 0.6 is 35.3 Å². The van der Waals surface area contributed by atoms with Gasteiger partial charge in [-0.1, -0.05) is 30.0 Å². The van der Waals surface area contributed by atoms with E-state index in [1.165, 1.54) is 36.4 Å². The number of nitrogens with zero attached hydrogens (tertiary/aromatic N) is 1. The summed E-state index contributed by atoms with van der Waals surface area (Å²) in [6, 6.07) is 9.48. The van der Waals surface area contributed by atoms with E-state index in [-0.39, 0.29) is 26.0 Å². The van der Waals surface area contributed by atoms with E-state index in [1.807, 2.05) is 0 Å². The average Bonchev–Trinajstić information content (AvgIpc) is 3.44. The molecule has 1 saturated heterocycles. The van der Waals surface area contributed by atoms with Crippen LogP contribution in [-0.2, 0) is 15.8 Å². The Kier molecular flexibility index (Phi) is 8.20. The van der Waals surface area contributed by atoms with Crippen molar-refractivity contribution in [3.05, 3.63) is 80.6 Å². The Hall–Kier alpha value is -3.59. The fourth-order valence-corrected chi connectivity index (χ4v) is 5.65. The number of thiocarbonyl (C=S) groups is 1. The third-order valence-corrected chi connectivity index (χ3v) is 7.69. The highest BCUT2D eigenvalue weighted by atomic mass is 32.2. The number of aliphatic hydroxyl groups excluding tert-OH is 1. The smallest absolute Gasteiger partial charge is 0.419 e. The number of benzene rings is 2.